The fourth-order valence-corrected chi connectivity index (χ4v) is 5.69. The molecule has 5 rings (SSSR count). The zero-order valence-electron chi connectivity index (χ0n) is 20.0. The highest BCUT2D eigenvalue weighted by atomic mass is 32.2. The Morgan fingerprint density at radius 1 is 1.08 bits per heavy atom. The van der Waals surface area contributed by atoms with E-state index in [1.807, 2.05) is 54.6 Å². The third-order valence-electron chi connectivity index (χ3n) is 6.61. The van der Waals surface area contributed by atoms with Crippen LogP contribution in [0.15, 0.2) is 76.7 Å². The van der Waals surface area contributed by atoms with Crippen molar-refractivity contribution in [2.75, 3.05) is 0 Å². The molecule has 0 spiro atoms. The van der Waals surface area contributed by atoms with E-state index in [0.29, 0.717) is 11.5 Å². The van der Waals surface area contributed by atoms with Crippen molar-refractivity contribution in [2.24, 2.45) is 5.92 Å². The van der Waals surface area contributed by atoms with Crippen LogP contribution in [0, 0.1) is 18.3 Å². The first-order chi connectivity index (χ1) is 17.7. The number of nitrogens with one attached hydrogen (secondary N) is 2. The van der Waals surface area contributed by atoms with Gasteiger partial charge in [0, 0.05) is 21.4 Å². The maximum absolute atomic E-state index is 13.2. The van der Waals surface area contributed by atoms with Gasteiger partial charge in [-0.25, -0.2) is 0 Å². The first-order valence-corrected chi connectivity index (χ1v) is 13.1. The van der Waals surface area contributed by atoms with E-state index in [4.69, 9.17) is 6.42 Å². The molecule has 1 unspecified atom stereocenters. The molecule has 5 nitrogen and oxygen atoms in total. The number of carbonyl (C=O) groups excluding carboxylic acids is 1. The summed E-state index contributed by atoms with van der Waals surface area (Å²) in [6.45, 7) is 0. The molecule has 0 bridgehead atoms. The number of hydrogen-bond acceptors (Lipinski definition) is 4. The predicted molar refractivity (Wildman–Crippen MR) is 146 cm³/mol. The first-order valence-electron chi connectivity index (χ1n) is 12.3. The summed E-state index contributed by atoms with van der Waals surface area (Å²) >= 11 is 1.56. The van der Waals surface area contributed by atoms with Gasteiger partial charge in [-0.05, 0) is 73.4 Å². The second-order valence-corrected chi connectivity index (χ2v) is 10.1. The Morgan fingerprint density at radius 2 is 1.92 bits per heavy atom. The van der Waals surface area contributed by atoms with Crippen molar-refractivity contribution in [3.8, 4) is 12.3 Å². The molecule has 36 heavy (non-hydrogen) atoms. The largest absolute Gasteiger partial charge is 0.338 e. The van der Waals surface area contributed by atoms with E-state index in [2.05, 4.69) is 44.6 Å². The van der Waals surface area contributed by atoms with Gasteiger partial charge in [-0.2, -0.15) is 5.10 Å². The van der Waals surface area contributed by atoms with Gasteiger partial charge < -0.3 is 5.32 Å². The van der Waals surface area contributed by atoms with Gasteiger partial charge in [0.1, 0.15) is 0 Å². The lowest BCUT2D eigenvalue weighted by Gasteiger charge is -2.27. The summed E-state index contributed by atoms with van der Waals surface area (Å²) in [5, 5.41) is 11.7. The average Bonchev–Trinajstić information content (AvgIpc) is 3.34. The number of fused-ring (bicyclic) bond motifs is 1. The second-order valence-electron chi connectivity index (χ2n) is 9.02. The van der Waals surface area contributed by atoms with Gasteiger partial charge in [-0.1, -0.05) is 55.1 Å². The monoisotopic (exact) mass is 492 g/mol. The van der Waals surface area contributed by atoms with Crippen molar-refractivity contribution in [3.05, 3.63) is 83.8 Å². The summed E-state index contributed by atoms with van der Waals surface area (Å²) < 4.78 is 0. The summed E-state index contributed by atoms with van der Waals surface area (Å²) in [6.07, 6.45) is 17.3. The molecule has 0 radical (unpaired) electrons. The molecule has 2 aromatic carbocycles. The highest BCUT2D eigenvalue weighted by Crippen LogP contribution is 2.33. The Hall–Kier alpha value is -3.82. The smallest absolute Gasteiger partial charge is 0.253 e. The van der Waals surface area contributed by atoms with E-state index in [-0.39, 0.29) is 11.9 Å². The van der Waals surface area contributed by atoms with Crippen LogP contribution in [0.25, 0.3) is 23.1 Å². The molecular formula is C30H28N4OS. The van der Waals surface area contributed by atoms with Crippen LogP contribution in [-0.4, -0.2) is 27.1 Å². The van der Waals surface area contributed by atoms with E-state index >= 15 is 0 Å². The molecule has 2 N–H and O–H groups in total. The van der Waals surface area contributed by atoms with Crippen LogP contribution in [0.5, 0.6) is 0 Å². The minimum atomic E-state index is -0.227. The third-order valence-corrected chi connectivity index (χ3v) is 7.68. The summed E-state index contributed by atoms with van der Waals surface area (Å²) in [5.41, 5.74) is 3.32. The van der Waals surface area contributed by atoms with Crippen molar-refractivity contribution in [1.82, 2.24) is 20.5 Å². The lowest BCUT2D eigenvalue weighted by Crippen LogP contribution is -2.40. The van der Waals surface area contributed by atoms with Crippen LogP contribution < -0.4 is 5.32 Å². The molecule has 1 amide bonds. The van der Waals surface area contributed by atoms with Crippen molar-refractivity contribution >= 4 is 40.7 Å². The average molecular weight is 493 g/mol. The van der Waals surface area contributed by atoms with Crippen LogP contribution in [0.1, 0.15) is 53.8 Å². The number of hydrogen-bond donors (Lipinski definition) is 2. The van der Waals surface area contributed by atoms with Gasteiger partial charge >= 0.3 is 0 Å². The van der Waals surface area contributed by atoms with E-state index in [9.17, 15) is 4.79 Å². The molecule has 180 valence electrons. The minimum absolute atomic E-state index is 0.115. The molecule has 1 fully saturated rings. The SMILES string of the molecule is C#CC(NC(=O)c1ccccc1Sc1ccc2c(/C=C/c3ccccn3)n[nH]c2c1)C1CCCCC1. The number of aromatic nitrogens is 3. The quantitative estimate of drug-likeness (QED) is 0.286. The Bertz CT molecular complexity index is 1410. The number of rotatable bonds is 7. The highest BCUT2D eigenvalue weighted by molar-refractivity contribution is 7.99. The Morgan fingerprint density at radius 3 is 2.72 bits per heavy atom. The van der Waals surface area contributed by atoms with E-state index in [1.54, 1.807) is 18.0 Å². The lowest BCUT2D eigenvalue weighted by molar-refractivity contribution is 0.0926. The maximum atomic E-state index is 13.2. The number of terminal acetylenes is 1. The molecule has 4 aromatic rings. The van der Waals surface area contributed by atoms with Gasteiger partial charge in [-0.3, -0.25) is 14.9 Å². The van der Waals surface area contributed by atoms with Crippen molar-refractivity contribution < 1.29 is 4.79 Å². The standard InChI is InChI=1S/C30H28N4OS/c1-2-26(21-10-4-3-5-11-21)32-30(35)25-13-6-7-14-29(25)36-23-16-17-24-27(33-34-28(24)20-23)18-15-22-12-8-9-19-31-22/h1,6-9,12-21,26H,3-5,10-11H2,(H,32,35)(H,33,34)/b18-15+. The van der Waals surface area contributed by atoms with Gasteiger partial charge in [0.15, 0.2) is 0 Å². The van der Waals surface area contributed by atoms with Crippen LogP contribution in [0.2, 0.25) is 0 Å². The van der Waals surface area contributed by atoms with Gasteiger partial charge in [0.25, 0.3) is 5.91 Å². The van der Waals surface area contributed by atoms with Crippen molar-refractivity contribution in [3.63, 3.8) is 0 Å². The van der Waals surface area contributed by atoms with Crippen LogP contribution in [0.3, 0.4) is 0 Å². The molecular weight excluding hydrogens is 464 g/mol. The molecule has 0 aliphatic heterocycles. The first kappa shape index (κ1) is 23.9. The number of amides is 1. The molecule has 1 aliphatic carbocycles. The molecule has 1 atom stereocenters. The van der Waals surface area contributed by atoms with Crippen LogP contribution >= 0.6 is 11.8 Å². The topological polar surface area (TPSA) is 70.7 Å². The van der Waals surface area contributed by atoms with Crippen LogP contribution in [0.4, 0.5) is 0 Å². The van der Waals surface area contributed by atoms with Crippen molar-refractivity contribution in [2.45, 2.75) is 47.9 Å². The third kappa shape index (κ3) is 5.53. The Labute approximate surface area is 215 Å². The summed E-state index contributed by atoms with van der Waals surface area (Å²) in [5.74, 6) is 3.07. The zero-order valence-corrected chi connectivity index (χ0v) is 20.8. The lowest BCUT2D eigenvalue weighted by atomic mass is 9.84. The highest BCUT2D eigenvalue weighted by Gasteiger charge is 2.24. The van der Waals surface area contributed by atoms with Crippen LogP contribution in [-0.2, 0) is 0 Å². The fraction of sp³-hybridized carbons (Fsp3) is 0.233. The zero-order chi connectivity index (χ0) is 24.7. The molecule has 0 saturated heterocycles. The van der Waals surface area contributed by atoms with Crippen molar-refractivity contribution in [1.29, 1.82) is 0 Å². The normalized spacial score (nSPS) is 15.1. The number of benzene rings is 2. The number of nitrogens with zero attached hydrogens (tertiary/aromatic N) is 2. The molecule has 2 aromatic heterocycles. The summed E-state index contributed by atoms with van der Waals surface area (Å²) in [4.78, 5) is 19.5. The molecule has 1 saturated carbocycles. The summed E-state index contributed by atoms with van der Waals surface area (Å²) in [6, 6.07) is 19.4. The second kappa shape index (κ2) is 11.3. The molecule has 2 heterocycles. The van der Waals surface area contributed by atoms with E-state index < -0.39 is 0 Å². The van der Waals surface area contributed by atoms with E-state index in [0.717, 1.165) is 44.9 Å². The van der Waals surface area contributed by atoms with Gasteiger partial charge in [0.2, 0.25) is 0 Å². The fourth-order valence-electron chi connectivity index (χ4n) is 4.70. The van der Waals surface area contributed by atoms with E-state index in [1.165, 1.54) is 19.3 Å². The predicted octanol–water partition coefficient (Wildman–Crippen LogP) is 6.59. The maximum Gasteiger partial charge on any atom is 0.253 e. The summed E-state index contributed by atoms with van der Waals surface area (Å²) in [7, 11) is 0. The van der Waals surface area contributed by atoms with Gasteiger partial charge in [0.05, 0.1) is 28.5 Å². The number of pyridine rings is 1. The molecule has 1 aliphatic rings. The van der Waals surface area contributed by atoms with Gasteiger partial charge in [-0.15, -0.1) is 6.42 Å². The minimum Gasteiger partial charge on any atom is -0.338 e. The Balaban J connectivity index is 1.32. The number of aromatic amines is 1. The molecule has 6 heteroatoms. The Kier molecular flexibility index (Phi) is 7.49. The number of H-pyrrole nitrogens is 1. The number of carbonyl (C=O) groups is 1.